The van der Waals surface area contributed by atoms with E-state index in [2.05, 4.69) is 35.9 Å². The Morgan fingerprint density at radius 3 is 2.76 bits per heavy atom. The smallest absolute Gasteiger partial charge is 0.218 e. The summed E-state index contributed by atoms with van der Waals surface area (Å²) in [6, 6.07) is 9.47. The van der Waals surface area contributed by atoms with E-state index in [1.165, 1.54) is 6.21 Å². The van der Waals surface area contributed by atoms with Gasteiger partial charge < -0.3 is 26.3 Å². The van der Waals surface area contributed by atoms with Crippen LogP contribution in [0.5, 0.6) is 0 Å². The van der Waals surface area contributed by atoms with Crippen molar-refractivity contribution < 1.29 is 4.39 Å². The summed E-state index contributed by atoms with van der Waals surface area (Å²) >= 11 is 5.82. The standard InChI is InChI=1S/C27H28ClFN8/c28-24-3-1-17(12-33-24)13-34-25-4-2-18(26(29)37-25)9-20-15-36-27-23(20)10-19(14-35-27)21(11-30)16-32-22-5-7-31-8-6-22/h1-4,10-12,14-16,22,30-32H,5-9,13H2,(H,34,37)(H,35,36)/b21-16+,30-11?. The van der Waals surface area contributed by atoms with Gasteiger partial charge in [0, 0.05) is 72.1 Å². The quantitative estimate of drug-likeness (QED) is 0.162. The lowest BCUT2D eigenvalue weighted by molar-refractivity contribution is 0.420. The summed E-state index contributed by atoms with van der Waals surface area (Å²) in [7, 11) is 0. The second-order valence-corrected chi connectivity index (χ2v) is 9.42. The second-order valence-electron chi connectivity index (χ2n) is 9.03. The molecule has 10 heteroatoms. The van der Waals surface area contributed by atoms with Gasteiger partial charge in [0.05, 0.1) is 0 Å². The summed E-state index contributed by atoms with van der Waals surface area (Å²) in [6.45, 7) is 2.45. The predicted octanol–water partition coefficient (Wildman–Crippen LogP) is 4.68. The van der Waals surface area contributed by atoms with Crippen LogP contribution >= 0.6 is 11.6 Å². The Morgan fingerprint density at radius 2 is 2.00 bits per heavy atom. The highest BCUT2D eigenvalue weighted by Gasteiger charge is 2.14. The number of rotatable bonds is 9. The van der Waals surface area contributed by atoms with Gasteiger partial charge in [0.25, 0.3) is 0 Å². The number of piperidine rings is 1. The Morgan fingerprint density at radius 1 is 1.14 bits per heavy atom. The van der Waals surface area contributed by atoms with Gasteiger partial charge in [-0.1, -0.05) is 23.7 Å². The zero-order valence-corrected chi connectivity index (χ0v) is 20.9. The van der Waals surface area contributed by atoms with E-state index in [4.69, 9.17) is 17.0 Å². The maximum Gasteiger partial charge on any atom is 0.218 e. The van der Waals surface area contributed by atoms with Gasteiger partial charge in [-0.3, -0.25) is 0 Å². The molecule has 5 heterocycles. The van der Waals surface area contributed by atoms with Crippen LogP contribution in [0.2, 0.25) is 5.15 Å². The van der Waals surface area contributed by atoms with Gasteiger partial charge in [0.15, 0.2) is 0 Å². The van der Waals surface area contributed by atoms with E-state index in [1.54, 1.807) is 30.6 Å². The normalized spacial score (nSPS) is 14.6. The topological polar surface area (TPSA) is 114 Å². The molecule has 0 radical (unpaired) electrons. The molecule has 0 saturated carbocycles. The molecule has 1 saturated heterocycles. The molecule has 190 valence electrons. The molecule has 0 spiro atoms. The Balaban J connectivity index is 1.30. The fourth-order valence-corrected chi connectivity index (χ4v) is 4.48. The van der Waals surface area contributed by atoms with Gasteiger partial charge in [-0.15, -0.1) is 0 Å². The third-order valence-electron chi connectivity index (χ3n) is 6.49. The largest absolute Gasteiger partial charge is 0.388 e. The molecule has 37 heavy (non-hydrogen) atoms. The van der Waals surface area contributed by atoms with Crippen molar-refractivity contribution in [3.8, 4) is 0 Å². The highest BCUT2D eigenvalue weighted by atomic mass is 35.5. The number of nitrogens with zero attached hydrogens (tertiary/aromatic N) is 3. The summed E-state index contributed by atoms with van der Waals surface area (Å²) in [5.41, 5.74) is 4.62. The number of H-pyrrole nitrogens is 1. The van der Waals surface area contributed by atoms with Gasteiger partial charge in [0.2, 0.25) is 5.95 Å². The van der Waals surface area contributed by atoms with Crippen LogP contribution in [0, 0.1) is 11.4 Å². The molecule has 5 rings (SSSR count). The van der Waals surface area contributed by atoms with Crippen molar-refractivity contribution in [3.05, 3.63) is 88.5 Å². The first-order valence-corrected chi connectivity index (χ1v) is 12.6. The van der Waals surface area contributed by atoms with Crippen molar-refractivity contribution in [1.82, 2.24) is 30.6 Å². The molecule has 4 aromatic rings. The summed E-state index contributed by atoms with van der Waals surface area (Å²) in [6.07, 6.45) is 11.0. The summed E-state index contributed by atoms with van der Waals surface area (Å²) in [4.78, 5) is 15.8. The SMILES string of the molecule is N=C/C(=C\NC1CCNCC1)c1cnc2[nH]cc(Cc3ccc(NCc4ccc(Cl)nc4)nc3F)c2c1. The highest BCUT2D eigenvalue weighted by Crippen LogP contribution is 2.24. The minimum Gasteiger partial charge on any atom is -0.388 e. The first kappa shape index (κ1) is 24.9. The van der Waals surface area contributed by atoms with Gasteiger partial charge >= 0.3 is 0 Å². The van der Waals surface area contributed by atoms with Crippen molar-refractivity contribution >= 4 is 40.2 Å². The molecule has 5 N–H and O–H groups in total. The molecule has 1 aliphatic heterocycles. The highest BCUT2D eigenvalue weighted by molar-refractivity contribution is 6.29. The maximum absolute atomic E-state index is 14.9. The molecular weight excluding hydrogens is 491 g/mol. The van der Waals surface area contributed by atoms with Crippen molar-refractivity contribution in [2.45, 2.75) is 31.8 Å². The fraction of sp³-hybridized carbons (Fsp3) is 0.259. The van der Waals surface area contributed by atoms with Crippen LogP contribution in [0.1, 0.15) is 35.1 Å². The number of anilines is 1. The monoisotopic (exact) mass is 518 g/mol. The predicted molar refractivity (Wildman–Crippen MR) is 145 cm³/mol. The average Bonchev–Trinajstić information content (AvgIpc) is 3.33. The van der Waals surface area contributed by atoms with Crippen LogP contribution in [-0.2, 0) is 13.0 Å². The zero-order valence-electron chi connectivity index (χ0n) is 20.2. The van der Waals surface area contributed by atoms with Crippen LogP contribution < -0.4 is 16.0 Å². The summed E-state index contributed by atoms with van der Waals surface area (Å²) in [5.74, 6) is -0.0787. The molecule has 1 fully saturated rings. The van der Waals surface area contributed by atoms with Crippen molar-refractivity contribution in [1.29, 1.82) is 5.41 Å². The van der Waals surface area contributed by atoms with Crippen LogP contribution in [0.3, 0.4) is 0 Å². The van der Waals surface area contributed by atoms with Gasteiger partial charge in [-0.05, 0) is 55.3 Å². The Labute approximate surface area is 219 Å². The lowest BCUT2D eigenvalue weighted by atomic mass is 10.0. The molecule has 1 aliphatic rings. The number of aromatic amines is 1. The Kier molecular flexibility index (Phi) is 7.72. The van der Waals surface area contributed by atoms with E-state index in [-0.39, 0.29) is 0 Å². The van der Waals surface area contributed by atoms with Crippen LogP contribution in [-0.4, -0.2) is 45.3 Å². The molecular formula is C27H28ClFN8. The van der Waals surface area contributed by atoms with E-state index in [1.807, 2.05) is 24.5 Å². The van der Waals surface area contributed by atoms with Crippen molar-refractivity contribution in [2.24, 2.45) is 0 Å². The van der Waals surface area contributed by atoms with Crippen LogP contribution in [0.25, 0.3) is 16.6 Å². The third kappa shape index (κ3) is 6.12. The molecule has 0 bridgehead atoms. The van der Waals surface area contributed by atoms with Gasteiger partial charge in [-0.25, -0.2) is 15.0 Å². The molecule has 0 aromatic carbocycles. The second kappa shape index (κ2) is 11.5. The molecule has 0 aliphatic carbocycles. The van der Waals surface area contributed by atoms with E-state index < -0.39 is 5.95 Å². The number of hydrogen-bond donors (Lipinski definition) is 5. The van der Waals surface area contributed by atoms with Crippen LogP contribution in [0.15, 0.2) is 55.1 Å². The minimum absolute atomic E-state index is 0.363. The first-order chi connectivity index (χ1) is 18.1. The van der Waals surface area contributed by atoms with Gasteiger partial charge in [-0.2, -0.15) is 4.39 Å². The number of halogens is 2. The number of pyridine rings is 3. The molecule has 0 amide bonds. The fourth-order valence-electron chi connectivity index (χ4n) is 4.37. The lowest BCUT2D eigenvalue weighted by Gasteiger charge is -2.23. The summed E-state index contributed by atoms with van der Waals surface area (Å²) < 4.78 is 14.9. The van der Waals surface area contributed by atoms with E-state index in [0.717, 1.165) is 59.2 Å². The third-order valence-corrected chi connectivity index (χ3v) is 6.71. The minimum atomic E-state index is -0.524. The van der Waals surface area contributed by atoms with Gasteiger partial charge in [0.1, 0.15) is 16.6 Å². The van der Waals surface area contributed by atoms with Crippen molar-refractivity contribution in [2.75, 3.05) is 18.4 Å². The number of fused-ring (bicyclic) bond motifs is 1. The summed E-state index contributed by atoms with van der Waals surface area (Å²) in [5, 5.41) is 19.1. The van der Waals surface area contributed by atoms with Crippen LogP contribution in [0.4, 0.5) is 10.2 Å². The zero-order chi connectivity index (χ0) is 25.6. The van der Waals surface area contributed by atoms with E-state index in [0.29, 0.717) is 35.5 Å². The lowest BCUT2D eigenvalue weighted by Crippen LogP contribution is -2.37. The number of hydrogen-bond acceptors (Lipinski definition) is 7. The molecule has 4 aromatic heterocycles. The first-order valence-electron chi connectivity index (χ1n) is 12.2. The molecule has 0 unspecified atom stereocenters. The van der Waals surface area contributed by atoms with Crippen molar-refractivity contribution in [3.63, 3.8) is 0 Å². The Hall–Kier alpha value is -3.82. The number of aromatic nitrogens is 4. The van der Waals surface area contributed by atoms with E-state index in [9.17, 15) is 4.39 Å². The number of allylic oxidation sites excluding steroid dienone is 1. The average molecular weight is 519 g/mol. The Bertz CT molecular complexity index is 1410. The molecule has 8 nitrogen and oxygen atoms in total. The van der Waals surface area contributed by atoms with E-state index >= 15 is 0 Å². The maximum atomic E-state index is 14.9. The number of nitrogens with one attached hydrogen (secondary N) is 5. The molecule has 0 atom stereocenters.